The maximum atomic E-state index is 11.6. The van der Waals surface area contributed by atoms with E-state index >= 15 is 0 Å². The van der Waals surface area contributed by atoms with Gasteiger partial charge in [-0.1, -0.05) is 12.1 Å². The molecule has 0 saturated heterocycles. The lowest BCUT2D eigenvalue weighted by Gasteiger charge is -2.15. The summed E-state index contributed by atoms with van der Waals surface area (Å²) < 4.78 is 5.65. The van der Waals surface area contributed by atoms with Crippen molar-refractivity contribution in [2.45, 2.75) is 32.7 Å². The topological polar surface area (TPSA) is 50.4 Å². The van der Waals surface area contributed by atoms with E-state index in [1.807, 2.05) is 45.2 Å². The van der Waals surface area contributed by atoms with Gasteiger partial charge in [-0.05, 0) is 51.6 Å². The van der Waals surface area contributed by atoms with Crippen LogP contribution in [0, 0.1) is 6.92 Å². The highest BCUT2D eigenvalue weighted by Crippen LogP contribution is 2.12. The van der Waals surface area contributed by atoms with Gasteiger partial charge in [0.25, 0.3) is 0 Å². The van der Waals surface area contributed by atoms with Crippen molar-refractivity contribution in [1.29, 1.82) is 0 Å². The molecule has 0 aliphatic rings. The third-order valence-electron chi connectivity index (χ3n) is 2.73. The zero-order valence-corrected chi connectivity index (χ0v) is 12.0. The van der Waals surface area contributed by atoms with Crippen LogP contribution in [0.2, 0.25) is 0 Å². The molecule has 19 heavy (non-hydrogen) atoms. The fourth-order valence-corrected chi connectivity index (χ4v) is 1.74. The molecule has 1 rings (SSSR count). The van der Waals surface area contributed by atoms with Gasteiger partial charge in [0.1, 0.15) is 12.4 Å². The van der Waals surface area contributed by atoms with E-state index in [0.29, 0.717) is 13.0 Å². The maximum Gasteiger partial charge on any atom is 0.220 e. The molecule has 4 nitrogen and oxygen atoms in total. The van der Waals surface area contributed by atoms with Gasteiger partial charge in [0.05, 0.1) is 6.04 Å². The fourth-order valence-electron chi connectivity index (χ4n) is 1.74. The standard InChI is InChI=1S/C15H24N2O2/c1-12-6-4-7-14(10-12)19-11-13(2)17-15(18)8-5-9-16-3/h4,6-7,10,13,16H,5,8-9,11H2,1-3H3,(H,17,18). The second-order valence-electron chi connectivity index (χ2n) is 4.80. The van der Waals surface area contributed by atoms with Gasteiger partial charge in [-0.3, -0.25) is 4.79 Å². The molecule has 0 radical (unpaired) electrons. The van der Waals surface area contributed by atoms with Crippen molar-refractivity contribution in [2.75, 3.05) is 20.2 Å². The Morgan fingerprint density at radius 2 is 2.21 bits per heavy atom. The van der Waals surface area contributed by atoms with Crippen molar-refractivity contribution in [2.24, 2.45) is 0 Å². The molecule has 0 saturated carbocycles. The molecule has 0 spiro atoms. The van der Waals surface area contributed by atoms with E-state index in [-0.39, 0.29) is 11.9 Å². The zero-order valence-electron chi connectivity index (χ0n) is 12.0. The molecule has 1 aromatic rings. The van der Waals surface area contributed by atoms with Gasteiger partial charge in [0.15, 0.2) is 0 Å². The van der Waals surface area contributed by atoms with Crippen molar-refractivity contribution in [1.82, 2.24) is 10.6 Å². The SMILES string of the molecule is CNCCCC(=O)NC(C)COc1cccc(C)c1. The number of hydrogen-bond donors (Lipinski definition) is 2. The van der Waals surface area contributed by atoms with Crippen molar-refractivity contribution in [3.05, 3.63) is 29.8 Å². The van der Waals surface area contributed by atoms with Crippen molar-refractivity contribution in [3.63, 3.8) is 0 Å². The number of hydrogen-bond acceptors (Lipinski definition) is 3. The number of aryl methyl sites for hydroxylation is 1. The molecule has 4 heteroatoms. The van der Waals surface area contributed by atoms with Crippen LogP contribution < -0.4 is 15.4 Å². The molecular weight excluding hydrogens is 240 g/mol. The summed E-state index contributed by atoms with van der Waals surface area (Å²) in [5, 5.41) is 5.96. The monoisotopic (exact) mass is 264 g/mol. The largest absolute Gasteiger partial charge is 0.491 e. The van der Waals surface area contributed by atoms with Crippen molar-refractivity contribution < 1.29 is 9.53 Å². The summed E-state index contributed by atoms with van der Waals surface area (Å²) >= 11 is 0. The first-order valence-electron chi connectivity index (χ1n) is 6.75. The summed E-state index contributed by atoms with van der Waals surface area (Å²) in [6.45, 7) is 5.33. The Bertz CT molecular complexity index is 393. The van der Waals surface area contributed by atoms with Crippen LogP contribution in [0.3, 0.4) is 0 Å². The molecule has 0 heterocycles. The average molecular weight is 264 g/mol. The normalized spacial score (nSPS) is 11.9. The molecule has 2 N–H and O–H groups in total. The second-order valence-corrected chi connectivity index (χ2v) is 4.80. The number of rotatable bonds is 8. The Morgan fingerprint density at radius 3 is 2.89 bits per heavy atom. The Labute approximate surface area is 115 Å². The highest BCUT2D eigenvalue weighted by atomic mass is 16.5. The molecule has 0 aliphatic heterocycles. The van der Waals surface area contributed by atoms with E-state index in [1.54, 1.807) is 0 Å². The van der Waals surface area contributed by atoms with Crippen LogP contribution in [-0.4, -0.2) is 32.1 Å². The first-order valence-corrected chi connectivity index (χ1v) is 6.75. The van der Waals surface area contributed by atoms with Gasteiger partial charge in [-0.25, -0.2) is 0 Å². The minimum atomic E-state index is 0.0163. The summed E-state index contributed by atoms with van der Waals surface area (Å²) in [5.41, 5.74) is 1.17. The minimum Gasteiger partial charge on any atom is -0.491 e. The molecule has 0 aliphatic carbocycles. The number of ether oxygens (including phenoxy) is 1. The molecular formula is C15H24N2O2. The third-order valence-corrected chi connectivity index (χ3v) is 2.73. The van der Waals surface area contributed by atoms with Crippen LogP contribution in [0.15, 0.2) is 24.3 Å². The van der Waals surface area contributed by atoms with E-state index in [0.717, 1.165) is 18.7 Å². The van der Waals surface area contributed by atoms with E-state index in [1.165, 1.54) is 5.56 Å². The molecule has 1 atom stereocenters. The quantitative estimate of drug-likeness (QED) is 0.705. The van der Waals surface area contributed by atoms with Crippen LogP contribution in [-0.2, 0) is 4.79 Å². The zero-order chi connectivity index (χ0) is 14.1. The maximum absolute atomic E-state index is 11.6. The first kappa shape index (κ1) is 15.5. The second kappa shape index (κ2) is 8.53. The van der Waals surface area contributed by atoms with Crippen molar-refractivity contribution in [3.8, 4) is 5.75 Å². The lowest BCUT2D eigenvalue weighted by Crippen LogP contribution is -2.36. The Balaban J connectivity index is 2.24. The highest BCUT2D eigenvalue weighted by Gasteiger charge is 2.07. The van der Waals surface area contributed by atoms with Gasteiger partial charge in [0.2, 0.25) is 5.91 Å². The van der Waals surface area contributed by atoms with Gasteiger partial charge >= 0.3 is 0 Å². The lowest BCUT2D eigenvalue weighted by atomic mass is 10.2. The van der Waals surface area contributed by atoms with Gasteiger partial charge < -0.3 is 15.4 Å². The number of benzene rings is 1. The molecule has 1 aromatic carbocycles. The fraction of sp³-hybridized carbons (Fsp3) is 0.533. The molecule has 0 bridgehead atoms. The molecule has 1 unspecified atom stereocenters. The third kappa shape index (κ3) is 6.82. The molecule has 0 fully saturated rings. The van der Waals surface area contributed by atoms with Gasteiger partial charge in [-0.15, -0.1) is 0 Å². The van der Waals surface area contributed by atoms with Crippen LogP contribution in [0.1, 0.15) is 25.3 Å². The van der Waals surface area contributed by atoms with Crippen LogP contribution >= 0.6 is 0 Å². The van der Waals surface area contributed by atoms with E-state index in [4.69, 9.17) is 4.74 Å². The summed E-state index contributed by atoms with van der Waals surface area (Å²) in [7, 11) is 1.89. The number of carbonyl (C=O) groups excluding carboxylic acids is 1. The summed E-state index contributed by atoms with van der Waals surface area (Å²) in [6, 6.07) is 7.92. The predicted molar refractivity (Wildman–Crippen MR) is 77.4 cm³/mol. The Hall–Kier alpha value is -1.55. The van der Waals surface area contributed by atoms with Gasteiger partial charge in [-0.2, -0.15) is 0 Å². The minimum absolute atomic E-state index is 0.0163. The molecule has 0 aromatic heterocycles. The van der Waals surface area contributed by atoms with Crippen molar-refractivity contribution >= 4 is 5.91 Å². The smallest absolute Gasteiger partial charge is 0.220 e. The summed E-state index contributed by atoms with van der Waals surface area (Å²) in [5.74, 6) is 0.923. The predicted octanol–water partition coefficient (Wildman–Crippen LogP) is 1.88. The Kier molecular flexibility index (Phi) is 6.97. The van der Waals surface area contributed by atoms with Crippen LogP contribution in [0.4, 0.5) is 0 Å². The van der Waals surface area contributed by atoms with Crippen LogP contribution in [0.5, 0.6) is 5.75 Å². The lowest BCUT2D eigenvalue weighted by molar-refractivity contribution is -0.121. The summed E-state index contributed by atoms with van der Waals surface area (Å²) in [6.07, 6.45) is 1.41. The summed E-state index contributed by atoms with van der Waals surface area (Å²) in [4.78, 5) is 11.6. The molecule has 106 valence electrons. The van der Waals surface area contributed by atoms with E-state index in [9.17, 15) is 4.79 Å². The molecule has 1 amide bonds. The van der Waals surface area contributed by atoms with Crippen LogP contribution in [0.25, 0.3) is 0 Å². The van der Waals surface area contributed by atoms with E-state index in [2.05, 4.69) is 10.6 Å². The Morgan fingerprint density at radius 1 is 1.42 bits per heavy atom. The number of carbonyl (C=O) groups is 1. The van der Waals surface area contributed by atoms with Gasteiger partial charge in [0, 0.05) is 6.42 Å². The van der Waals surface area contributed by atoms with E-state index < -0.39 is 0 Å². The first-order chi connectivity index (χ1) is 9.11. The highest BCUT2D eigenvalue weighted by molar-refractivity contribution is 5.76. The number of nitrogens with one attached hydrogen (secondary N) is 2. The average Bonchev–Trinajstić information content (AvgIpc) is 2.37. The number of amides is 1.